The van der Waals surface area contributed by atoms with Crippen LogP contribution in [-0.2, 0) is 17.8 Å². The molecule has 1 heterocycles. The third-order valence-corrected chi connectivity index (χ3v) is 2.75. The molecule has 1 aromatic heterocycles. The lowest BCUT2D eigenvalue weighted by molar-refractivity contribution is 0.138. The van der Waals surface area contributed by atoms with E-state index in [1.54, 1.807) is 0 Å². The Morgan fingerprint density at radius 1 is 1.53 bits per heavy atom. The zero-order valence-electron chi connectivity index (χ0n) is 9.41. The van der Waals surface area contributed by atoms with Gasteiger partial charge >= 0.3 is 0 Å². The molecule has 0 bridgehead atoms. The minimum atomic E-state index is 0.778. The molecule has 0 unspecified atom stereocenters. The van der Waals surface area contributed by atoms with Gasteiger partial charge in [0, 0.05) is 37.6 Å². The number of nitrogens with zero attached hydrogens (tertiary/aromatic N) is 1. The summed E-state index contributed by atoms with van der Waals surface area (Å²) in [5, 5.41) is 3.53. The van der Waals surface area contributed by atoms with Gasteiger partial charge < -0.3 is 14.6 Å². The average molecular weight is 208 g/mol. The SMILES string of the molecule is CCOCCn1cccc1CNC1CC1. The molecule has 3 nitrogen and oxygen atoms in total. The first-order chi connectivity index (χ1) is 7.40. The largest absolute Gasteiger partial charge is 0.380 e. The summed E-state index contributed by atoms with van der Waals surface area (Å²) >= 11 is 0. The van der Waals surface area contributed by atoms with E-state index in [0.717, 1.165) is 32.3 Å². The van der Waals surface area contributed by atoms with E-state index in [4.69, 9.17) is 4.74 Å². The standard InChI is InChI=1S/C12H20N2O/c1-2-15-9-8-14-7-3-4-12(14)10-13-11-5-6-11/h3-4,7,11,13H,2,5-6,8-10H2,1H3. The van der Waals surface area contributed by atoms with Crippen molar-refractivity contribution < 1.29 is 4.74 Å². The predicted molar refractivity (Wildman–Crippen MR) is 60.8 cm³/mol. The lowest BCUT2D eigenvalue weighted by Crippen LogP contribution is -2.18. The van der Waals surface area contributed by atoms with Gasteiger partial charge in [0.05, 0.1) is 6.61 Å². The smallest absolute Gasteiger partial charge is 0.0645 e. The summed E-state index contributed by atoms with van der Waals surface area (Å²) in [6.07, 6.45) is 4.82. The monoisotopic (exact) mass is 208 g/mol. The van der Waals surface area contributed by atoms with Crippen LogP contribution in [0.5, 0.6) is 0 Å². The number of rotatable bonds is 7. The van der Waals surface area contributed by atoms with Crippen molar-refractivity contribution in [3.8, 4) is 0 Å². The zero-order valence-corrected chi connectivity index (χ0v) is 9.41. The molecule has 0 atom stereocenters. The van der Waals surface area contributed by atoms with Gasteiger partial charge in [-0.15, -0.1) is 0 Å². The summed E-state index contributed by atoms with van der Waals surface area (Å²) in [5.41, 5.74) is 1.36. The first-order valence-corrected chi connectivity index (χ1v) is 5.85. The summed E-state index contributed by atoms with van der Waals surface area (Å²) in [6.45, 7) is 5.59. The van der Waals surface area contributed by atoms with Crippen molar-refractivity contribution in [2.75, 3.05) is 13.2 Å². The summed E-state index contributed by atoms with van der Waals surface area (Å²) in [6, 6.07) is 5.07. The lowest BCUT2D eigenvalue weighted by Gasteiger charge is -2.09. The topological polar surface area (TPSA) is 26.2 Å². The predicted octanol–water partition coefficient (Wildman–Crippen LogP) is 1.78. The van der Waals surface area contributed by atoms with Crippen LogP contribution in [0.1, 0.15) is 25.5 Å². The molecule has 0 radical (unpaired) electrons. The molecule has 2 rings (SSSR count). The van der Waals surface area contributed by atoms with E-state index in [9.17, 15) is 0 Å². The summed E-state index contributed by atoms with van der Waals surface area (Å²) < 4.78 is 7.63. The van der Waals surface area contributed by atoms with Gasteiger partial charge in [0.25, 0.3) is 0 Å². The van der Waals surface area contributed by atoms with E-state index >= 15 is 0 Å². The van der Waals surface area contributed by atoms with Gasteiger partial charge in [0.2, 0.25) is 0 Å². The Hall–Kier alpha value is -0.800. The van der Waals surface area contributed by atoms with Crippen molar-refractivity contribution in [1.29, 1.82) is 0 Å². The van der Waals surface area contributed by atoms with Crippen LogP contribution in [0.3, 0.4) is 0 Å². The average Bonchev–Trinajstić information content (AvgIpc) is 2.97. The molecule has 0 saturated heterocycles. The van der Waals surface area contributed by atoms with Gasteiger partial charge in [-0.25, -0.2) is 0 Å². The zero-order chi connectivity index (χ0) is 10.5. The molecule has 0 aromatic carbocycles. The van der Waals surface area contributed by atoms with Crippen LogP contribution < -0.4 is 5.32 Å². The minimum Gasteiger partial charge on any atom is -0.380 e. The number of hydrogen-bond donors (Lipinski definition) is 1. The van der Waals surface area contributed by atoms with Gasteiger partial charge in [-0.2, -0.15) is 0 Å². The maximum atomic E-state index is 5.36. The van der Waals surface area contributed by atoms with E-state index in [1.807, 2.05) is 6.92 Å². The Morgan fingerprint density at radius 2 is 2.40 bits per heavy atom. The molecule has 1 N–H and O–H groups in total. The van der Waals surface area contributed by atoms with Crippen molar-refractivity contribution in [3.63, 3.8) is 0 Å². The highest BCUT2D eigenvalue weighted by atomic mass is 16.5. The van der Waals surface area contributed by atoms with Crippen molar-refractivity contribution in [1.82, 2.24) is 9.88 Å². The van der Waals surface area contributed by atoms with E-state index in [0.29, 0.717) is 0 Å². The molecule has 1 saturated carbocycles. The number of aromatic nitrogens is 1. The molecule has 1 aromatic rings. The second-order valence-corrected chi connectivity index (χ2v) is 4.05. The summed E-state index contributed by atoms with van der Waals surface area (Å²) in [7, 11) is 0. The second-order valence-electron chi connectivity index (χ2n) is 4.05. The van der Waals surface area contributed by atoms with Gasteiger partial charge in [-0.3, -0.25) is 0 Å². The van der Waals surface area contributed by atoms with Crippen LogP contribution in [0.2, 0.25) is 0 Å². The van der Waals surface area contributed by atoms with Gasteiger partial charge in [0.1, 0.15) is 0 Å². The fraction of sp³-hybridized carbons (Fsp3) is 0.667. The van der Waals surface area contributed by atoms with Gasteiger partial charge in [0.15, 0.2) is 0 Å². The fourth-order valence-corrected chi connectivity index (χ4v) is 1.67. The molecule has 0 spiro atoms. The highest BCUT2D eigenvalue weighted by Crippen LogP contribution is 2.19. The summed E-state index contributed by atoms with van der Waals surface area (Å²) in [5.74, 6) is 0. The maximum absolute atomic E-state index is 5.36. The molecular weight excluding hydrogens is 188 g/mol. The Morgan fingerprint density at radius 3 is 3.13 bits per heavy atom. The van der Waals surface area contributed by atoms with Crippen LogP contribution in [0, 0.1) is 0 Å². The van der Waals surface area contributed by atoms with Crippen LogP contribution in [0.15, 0.2) is 18.3 Å². The first-order valence-electron chi connectivity index (χ1n) is 5.85. The number of nitrogens with one attached hydrogen (secondary N) is 1. The van der Waals surface area contributed by atoms with Crippen LogP contribution >= 0.6 is 0 Å². The molecule has 84 valence electrons. The fourth-order valence-electron chi connectivity index (χ4n) is 1.67. The van der Waals surface area contributed by atoms with Crippen molar-refractivity contribution in [3.05, 3.63) is 24.0 Å². The molecule has 1 aliphatic carbocycles. The third kappa shape index (κ3) is 3.36. The Labute approximate surface area is 91.4 Å². The molecule has 0 aliphatic heterocycles. The van der Waals surface area contributed by atoms with Crippen LogP contribution in [-0.4, -0.2) is 23.8 Å². The maximum Gasteiger partial charge on any atom is 0.0645 e. The number of ether oxygens (including phenoxy) is 1. The van der Waals surface area contributed by atoms with Crippen molar-refractivity contribution in [2.45, 2.75) is 38.9 Å². The van der Waals surface area contributed by atoms with Gasteiger partial charge in [-0.1, -0.05) is 0 Å². The van der Waals surface area contributed by atoms with E-state index < -0.39 is 0 Å². The van der Waals surface area contributed by atoms with Gasteiger partial charge in [-0.05, 0) is 31.9 Å². The minimum absolute atomic E-state index is 0.778. The van der Waals surface area contributed by atoms with E-state index in [-0.39, 0.29) is 0 Å². The molecular formula is C12H20N2O. The lowest BCUT2D eigenvalue weighted by atomic mass is 10.4. The van der Waals surface area contributed by atoms with Crippen LogP contribution in [0.4, 0.5) is 0 Å². The Bertz CT molecular complexity index is 292. The summed E-state index contributed by atoms with van der Waals surface area (Å²) in [4.78, 5) is 0. The number of hydrogen-bond acceptors (Lipinski definition) is 2. The highest BCUT2D eigenvalue weighted by Gasteiger charge is 2.20. The quantitative estimate of drug-likeness (QED) is 0.691. The normalized spacial score (nSPS) is 15.8. The molecule has 0 amide bonds. The molecule has 1 aliphatic rings. The van der Waals surface area contributed by atoms with E-state index in [2.05, 4.69) is 28.2 Å². The molecule has 3 heteroatoms. The second kappa shape index (κ2) is 5.33. The molecule has 15 heavy (non-hydrogen) atoms. The third-order valence-electron chi connectivity index (χ3n) is 2.75. The van der Waals surface area contributed by atoms with E-state index in [1.165, 1.54) is 18.5 Å². The van der Waals surface area contributed by atoms with Crippen LogP contribution in [0.25, 0.3) is 0 Å². The van der Waals surface area contributed by atoms with Crippen molar-refractivity contribution >= 4 is 0 Å². The first kappa shape index (κ1) is 10.7. The Kier molecular flexibility index (Phi) is 3.80. The molecule has 1 fully saturated rings. The highest BCUT2D eigenvalue weighted by molar-refractivity contribution is 5.07. The van der Waals surface area contributed by atoms with Crippen molar-refractivity contribution in [2.24, 2.45) is 0 Å². The Balaban J connectivity index is 1.78.